The lowest BCUT2D eigenvalue weighted by Gasteiger charge is -1.96. The third-order valence-electron chi connectivity index (χ3n) is 1.71. The summed E-state index contributed by atoms with van der Waals surface area (Å²) in [6.45, 7) is 2.34. The van der Waals surface area contributed by atoms with Crippen LogP contribution in [0.5, 0.6) is 0 Å². The lowest BCUT2D eigenvalue weighted by atomic mass is 10.3. The quantitative estimate of drug-likeness (QED) is 0.730. The third-order valence-corrected chi connectivity index (χ3v) is 2.89. The highest BCUT2D eigenvalue weighted by Gasteiger charge is 2.09. The molecule has 0 atom stereocenters. The minimum Gasteiger partial charge on any atom is -0.359 e. The van der Waals surface area contributed by atoms with E-state index in [2.05, 4.69) is 10.3 Å². The predicted molar refractivity (Wildman–Crippen MR) is 52.5 cm³/mol. The number of nitrogens with one attached hydrogen (secondary N) is 1. The second-order valence-electron chi connectivity index (χ2n) is 2.67. The van der Waals surface area contributed by atoms with E-state index in [0.717, 1.165) is 15.6 Å². The van der Waals surface area contributed by atoms with Crippen molar-refractivity contribution in [2.75, 3.05) is 7.05 Å². The molecule has 0 spiro atoms. The molecule has 1 heterocycles. The van der Waals surface area contributed by atoms with Crippen LogP contribution in [-0.2, 0) is 17.8 Å². The Morgan fingerprint density at radius 2 is 2.38 bits per heavy atom. The Hall–Kier alpha value is -0.940. The van der Waals surface area contributed by atoms with Gasteiger partial charge in [0, 0.05) is 18.5 Å². The molecule has 0 unspecified atom stereocenters. The van der Waals surface area contributed by atoms with Crippen LogP contribution in [0.25, 0.3) is 0 Å². The van der Waals surface area contributed by atoms with Crippen molar-refractivity contribution in [1.82, 2.24) is 10.3 Å². The van der Waals surface area contributed by atoms with Crippen molar-refractivity contribution in [3.63, 3.8) is 0 Å². The number of nitrogens with two attached hydrogens (primary N) is 1. The molecule has 3 N–H and O–H groups in total. The minimum absolute atomic E-state index is 0.00956. The molecule has 0 aliphatic heterocycles. The molecule has 5 heteroatoms. The standard InChI is InChI=1S/C8H13N3OS/c1-5-6(3-7(12)10-2)13-8(4-9)11-5/h3-4,9H2,1-2H3,(H,10,12). The van der Waals surface area contributed by atoms with Crippen LogP contribution in [0.15, 0.2) is 0 Å². The van der Waals surface area contributed by atoms with Gasteiger partial charge in [-0.25, -0.2) is 4.98 Å². The largest absolute Gasteiger partial charge is 0.359 e. The number of carbonyl (C=O) groups excluding carboxylic acids is 1. The van der Waals surface area contributed by atoms with Gasteiger partial charge in [-0.2, -0.15) is 0 Å². The first-order chi connectivity index (χ1) is 6.17. The number of aromatic nitrogens is 1. The van der Waals surface area contributed by atoms with Crippen LogP contribution < -0.4 is 11.1 Å². The zero-order valence-electron chi connectivity index (χ0n) is 7.76. The number of carbonyl (C=O) groups is 1. The lowest BCUT2D eigenvalue weighted by molar-refractivity contribution is -0.119. The molecule has 72 valence electrons. The fourth-order valence-corrected chi connectivity index (χ4v) is 1.92. The number of aryl methyl sites for hydroxylation is 1. The Bertz CT molecular complexity index is 308. The maximum Gasteiger partial charge on any atom is 0.225 e. The van der Waals surface area contributed by atoms with Crippen molar-refractivity contribution in [2.24, 2.45) is 5.73 Å². The van der Waals surface area contributed by atoms with E-state index in [1.165, 1.54) is 11.3 Å². The summed E-state index contributed by atoms with van der Waals surface area (Å²) >= 11 is 1.51. The molecule has 1 aromatic heterocycles. The topological polar surface area (TPSA) is 68.0 Å². The summed E-state index contributed by atoms with van der Waals surface area (Å²) in [7, 11) is 1.63. The Morgan fingerprint density at radius 3 is 2.85 bits per heavy atom. The molecule has 0 saturated carbocycles. The highest BCUT2D eigenvalue weighted by molar-refractivity contribution is 7.11. The molecule has 13 heavy (non-hydrogen) atoms. The number of rotatable bonds is 3. The summed E-state index contributed by atoms with van der Waals surface area (Å²) in [5, 5.41) is 3.46. The Morgan fingerprint density at radius 1 is 1.69 bits per heavy atom. The first-order valence-corrected chi connectivity index (χ1v) is 4.84. The van der Waals surface area contributed by atoms with Crippen molar-refractivity contribution < 1.29 is 4.79 Å². The lowest BCUT2D eigenvalue weighted by Crippen LogP contribution is -2.19. The third kappa shape index (κ3) is 2.50. The second kappa shape index (κ2) is 4.34. The van der Waals surface area contributed by atoms with Crippen LogP contribution in [0.2, 0.25) is 0 Å². The van der Waals surface area contributed by atoms with E-state index in [9.17, 15) is 4.79 Å². The van der Waals surface area contributed by atoms with Crippen LogP contribution >= 0.6 is 11.3 Å². The van der Waals surface area contributed by atoms with Gasteiger partial charge < -0.3 is 11.1 Å². The van der Waals surface area contributed by atoms with Gasteiger partial charge in [-0.15, -0.1) is 11.3 Å². The van der Waals surface area contributed by atoms with Gasteiger partial charge in [0.05, 0.1) is 12.1 Å². The Kier molecular flexibility index (Phi) is 3.39. The first kappa shape index (κ1) is 10.1. The summed E-state index contributed by atoms with van der Waals surface area (Å²) in [4.78, 5) is 16.3. The van der Waals surface area contributed by atoms with Crippen molar-refractivity contribution in [3.8, 4) is 0 Å². The van der Waals surface area contributed by atoms with Crippen LogP contribution in [0.3, 0.4) is 0 Å². The van der Waals surface area contributed by atoms with Gasteiger partial charge in [0.1, 0.15) is 5.01 Å². The Labute approximate surface area is 81.2 Å². The van der Waals surface area contributed by atoms with Crippen molar-refractivity contribution in [1.29, 1.82) is 0 Å². The number of amides is 1. The van der Waals surface area contributed by atoms with Crippen molar-refractivity contribution in [2.45, 2.75) is 19.9 Å². The Balaban J connectivity index is 2.76. The van der Waals surface area contributed by atoms with Gasteiger partial charge >= 0.3 is 0 Å². The van der Waals surface area contributed by atoms with Crippen LogP contribution in [0.1, 0.15) is 15.6 Å². The van der Waals surface area contributed by atoms with Gasteiger partial charge in [0.2, 0.25) is 5.91 Å². The number of hydrogen-bond donors (Lipinski definition) is 2. The van der Waals surface area contributed by atoms with E-state index < -0.39 is 0 Å². The van der Waals surface area contributed by atoms with Gasteiger partial charge in [0.25, 0.3) is 0 Å². The van der Waals surface area contributed by atoms with Crippen LogP contribution in [-0.4, -0.2) is 17.9 Å². The van der Waals surface area contributed by atoms with Crippen molar-refractivity contribution >= 4 is 17.2 Å². The van der Waals surface area contributed by atoms with Gasteiger partial charge in [-0.05, 0) is 6.92 Å². The van der Waals surface area contributed by atoms with E-state index in [1.807, 2.05) is 6.92 Å². The highest BCUT2D eigenvalue weighted by Crippen LogP contribution is 2.17. The molecule has 0 aliphatic carbocycles. The fraction of sp³-hybridized carbons (Fsp3) is 0.500. The number of likely N-dealkylation sites (N-methyl/N-ethyl adjacent to an activating group) is 1. The van der Waals surface area contributed by atoms with E-state index in [-0.39, 0.29) is 5.91 Å². The first-order valence-electron chi connectivity index (χ1n) is 4.03. The van der Waals surface area contributed by atoms with Gasteiger partial charge in [-0.3, -0.25) is 4.79 Å². The normalized spacial score (nSPS) is 10.1. The van der Waals surface area contributed by atoms with E-state index in [0.29, 0.717) is 13.0 Å². The zero-order chi connectivity index (χ0) is 9.84. The van der Waals surface area contributed by atoms with Gasteiger partial charge in [-0.1, -0.05) is 0 Å². The minimum atomic E-state index is 0.00956. The summed E-state index contributed by atoms with van der Waals surface area (Å²) < 4.78 is 0. The van der Waals surface area contributed by atoms with E-state index in [4.69, 9.17) is 5.73 Å². The number of nitrogens with zero attached hydrogens (tertiary/aromatic N) is 1. The molecule has 0 aromatic carbocycles. The summed E-state index contributed by atoms with van der Waals surface area (Å²) in [5.41, 5.74) is 6.35. The monoisotopic (exact) mass is 199 g/mol. The molecular weight excluding hydrogens is 186 g/mol. The zero-order valence-corrected chi connectivity index (χ0v) is 8.57. The summed E-state index contributed by atoms with van der Waals surface area (Å²) in [5.74, 6) is 0.00956. The molecule has 1 aromatic rings. The molecule has 0 fully saturated rings. The van der Waals surface area contributed by atoms with Gasteiger partial charge in [0.15, 0.2) is 0 Å². The van der Waals surface area contributed by atoms with Crippen molar-refractivity contribution in [3.05, 3.63) is 15.6 Å². The fourth-order valence-electron chi connectivity index (χ4n) is 0.974. The number of hydrogen-bond acceptors (Lipinski definition) is 4. The van der Waals surface area contributed by atoms with E-state index in [1.54, 1.807) is 7.05 Å². The molecule has 0 bridgehead atoms. The molecule has 0 aliphatic rings. The smallest absolute Gasteiger partial charge is 0.225 e. The van der Waals surface area contributed by atoms with Crippen LogP contribution in [0.4, 0.5) is 0 Å². The van der Waals surface area contributed by atoms with E-state index >= 15 is 0 Å². The maximum atomic E-state index is 11.1. The molecule has 1 amide bonds. The maximum absolute atomic E-state index is 11.1. The second-order valence-corrected chi connectivity index (χ2v) is 3.84. The molecule has 0 saturated heterocycles. The highest BCUT2D eigenvalue weighted by atomic mass is 32.1. The average Bonchev–Trinajstić information content (AvgIpc) is 2.47. The number of thiazole rings is 1. The molecular formula is C8H13N3OS. The summed E-state index contributed by atoms with van der Waals surface area (Å²) in [6, 6.07) is 0. The predicted octanol–water partition coefficient (Wildman–Crippen LogP) is 0.199. The molecule has 1 rings (SSSR count). The molecule has 0 radical (unpaired) electrons. The summed E-state index contributed by atoms with van der Waals surface area (Å²) in [6.07, 6.45) is 0.403. The SMILES string of the molecule is CNC(=O)Cc1sc(CN)nc1C. The average molecular weight is 199 g/mol. The molecule has 4 nitrogen and oxygen atoms in total. The van der Waals surface area contributed by atoms with Crippen LogP contribution in [0, 0.1) is 6.92 Å².